The molecular formula is C24H26N2O4S. The van der Waals surface area contributed by atoms with Crippen LogP contribution in [0, 0.1) is 6.92 Å². The van der Waals surface area contributed by atoms with E-state index in [2.05, 4.69) is 22.2 Å². The Balaban J connectivity index is 1.64. The van der Waals surface area contributed by atoms with Gasteiger partial charge < -0.3 is 10.1 Å². The van der Waals surface area contributed by atoms with Crippen LogP contribution in [0.15, 0.2) is 77.7 Å². The third-order valence-corrected chi connectivity index (χ3v) is 6.27. The van der Waals surface area contributed by atoms with Crippen LogP contribution in [0.1, 0.15) is 27.9 Å². The van der Waals surface area contributed by atoms with E-state index in [0.717, 1.165) is 18.4 Å². The van der Waals surface area contributed by atoms with E-state index >= 15 is 0 Å². The van der Waals surface area contributed by atoms with Crippen LogP contribution in [0.2, 0.25) is 0 Å². The topological polar surface area (TPSA) is 84.5 Å². The number of amides is 1. The molecule has 0 spiro atoms. The molecule has 0 saturated heterocycles. The van der Waals surface area contributed by atoms with Gasteiger partial charge in [-0.15, -0.1) is 0 Å². The molecule has 3 aromatic rings. The summed E-state index contributed by atoms with van der Waals surface area (Å²) in [5.41, 5.74) is 2.71. The lowest BCUT2D eigenvalue weighted by molar-refractivity contribution is 0.0953. The van der Waals surface area contributed by atoms with Crippen molar-refractivity contribution < 1.29 is 17.9 Å². The molecule has 6 nitrogen and oxygen atoms in total. The number of hydrogen-bond donors (Lipinski definition) is 2. The van der Waals surface area contributed by atoms with Gasteiger partial charge in [0.15, 0.2) is 0 Å². The summed E-state index contributed by atoms with van der Waals surface area (Å²) in [7, 11) is -2.27. The maximum absolute atomic E-state index is 12.7. The minimum absolute atomic E-state index is 0.114. The van der Waals surface area contributed by atoms with Crippen molar-refractivity contribution in [2.75, 3.05) is 18.4 Å². The SMILES string of the molecule is COc1ccc(S(=O)(=O)Nc2cc(C(=O)NCCCc3ccccc3)ccc2C)cc1. The number of hydrogen-bond acceptors (Lipinski definition) is 4. The number of methoxy groups -OCH3 is 1. The van der Waals surface area contributed by atoms with E-state index in [1.165, 1.54) is 24.8 Å². The maximum atomic E-state index is 12.7. The van der Waals surface area contributed by atoms with Gasteiger partial charge in [0.25, 0.3) is 15.9 Å². The molecule has 162 valence electrons. The number of benzene rings is 3. The summed E-state index contributed by atoms with van der Waals surface area (Å²) in [6.07, 6.45) is 1.69. The summed E-state index contributed by atoms with van der Waals surface area (Å²) in [6.45, 7) is 2.32. The van der Waals surface area contributed by atoms with Crippen LogP contribution in [-0.2, 0) is 16.4 Å². The van der Waals surface area contributed by atoms with Gasteiger partial charge in [-0.05, 0) is 67.3 Å². The van der Waals surface area contributed by atoms with Gasteiger partial charge in [-0.25, -0.2) is 8.42 Å². The summed E-state index contributed by atoms with van der Waals surface area (Å²) >= 11 is 0. The van der Waals surface area contributed by atoms with Crippen LogP contribution >= 0.6 is 0 Å². The Bertz CT molecular complexity index is 1130. The normalized spacial score (nSPS) is 11.0. The molecule has 1 amide bonds. The molecule has 0 heterocycles. The molecule has 0 aromatic heterocycles. The molecule has 31 heavy (non-hydrogen) atoms. The highest BCUT2D eigenvalue weighted by atomic mass is 32.2. The van der Waals surface area contributed by atoms with Gasteiger partial charge >= 0.3 is 0 Å². The fraction of sp³-hybridized carbons (Fsp3) is 0.208. The first kappa shape index (κ1) is 22.4. The molecule has 3 aromatic carbocycles. The van der Waals surface area contributed by atoms with Crippen molar-refractivity contribution >= 4 is 21.6 Å². The van der Waals surface area contributed by atoms with Gasteiger partial charge in [-0.2, -0.15) is 0 Å². The molecule has 0 atom stereocenters. The minimum Gasteiger partial charge on any atom is -0.497 e. The smallest absolute Gasteiger partial charge is 0.261 e. The first-order chi connectivity index (χ1) is 14.9. The maximum Gasteiger partial charge on any atom is 0.261 e. The van der Waals surface area contributed by atoms with Crippen molar-refractivity contribution in [3.05, 3.63) is 89.5 Å². The fourth-order valence-electron chi connectivity index (χ4n) is 3.07. The van der Waals surface area contributed by atoms with Crippen molar-refractivity contribution in [2.45, 2.75) is 24.7 Å². The second-order valence-corrected chi connectivity index (χ2v) is 8.84. The summed E-state index contributed by atoms with van der Waals surface area (Å²) in [4.78, 5) is 12.6. The van der Waals surface area contributed by atoms with Crippen LogP contribution in [0.5, 0.6) is 5.75 Å². The van der Waals surface area contributed by atoms with Crippen LogP contribution in [0.4, 0.5) is 5.69 Å². The first-order valence-corrected chi connectivity index (χ1v) is 11.5. The molecule has 0 aliphatic carbocycles. The highest BCUT2D eigenvalue weighted by Crippen LogP contribution is 2.22. The lowest BCUT2D eigenvalue weighted by Gasteiger charge is -2.13. The van der Waals surface area contributed by atoms with E-state index in [0.29, 0.717) is 23.5 Å². The average Bonchev–Trinajstić information content (AvgIpc) is 2.78. The zero-order valence-corrected chi connectivity index (χ0v) is 18.4. The number of sulfonamides is 1. The number of anilines is 1. The Hall–Kier alpha value is -3.32. The molecule has 0 radical (unpaired) electrons. The van der Waals surface area contributed by atoms with E-state index in [-0.39, 0.29) is 10.8 Å². The Morgan fingerprint density at radius 2 is 1.68 bits per heavy atom. The quantitative estimate of drug-likeness (QED) is 0.491. The lowest BCUT2D eigenvalue weighted by atomic mass is 10.1. The first-order valence-electron chi connectivity index (χ1n) is 9.99. The monoisotopic (exact) mass is 438 g/mol. The van der Waals surface area contributed by atoms with Crippen molar-refractivity contribution in [2.24, 2.45) is 0 Å². The van der Waals surface area contributed by atoms with Crippen LogP contribution in [-0.4, -0.2) is 28.0 Å². The predicted octanol–water partition coefficient (Wildman–Crippen LogP) is 4.17. The molecule has 0 aliphatic rings. The molecule has 0 aliphatic heterocycles. The Morgan fingerprint density at radius 3 is 2.35 bits per heavy atom. The number of aryl methyl sites for hydroxylation is 2. The Kier molecular flexibility index (Phi) is 7.31. The molecular weight excluding hydrogens is 412 g/mol. The average molecular weight is 439 g/mol. The van der Waals surface area contributed by atoms with E-state index in [9.17, 15) is 13.2 Å². The van der Waals surface area contributed by atoms with Gasteiger partial charge in [0, 0.05) is 12.1 Å². The summed E-state index contributed by atoms with van der Waals surface area (Å²) in [6, 6.07) is 21.2. The number of ether oxygens (including phenoxy) is 1. The summed E-state index contributed by atoms with van der Waals surface area (Å²) in [5, 5.41) is 2.89. The van der Waals surface area contributed by atoms with E-state index < -0.39 is 10.0 Å². The van der Waals surface area contributed by atoms with Gasteiger partial charge in [0.1, 0.15) is 5.75 Å². The summed E-state index contributed by atoms with van der Waals surface area (Å²) < 4.78 is 33.1. The number of carbonyl (C=O) groups excluding carboxylic acids is 1. The van der Waals surface area contributed by atoms with Crippen LogP contribution in [0.3, 0.4) is 0 Å². The number of rotatable bonds is 9. The van der Waals surface area contributed by atoms with Crippen molar-refractivity contribution in [3.63, 3.8) is 0 Å². The highest BCUT2D eigenvalue weighted by Gasteiger charge is 2.17. The Labute approximate surface area is 183 Å². The second-order valence-electron chi connectivity index (χ2n) is 7.16. The highest BCUT2D eigenvalue weighted by molar-refractivity contribution is 7.92. The lowest BCUT2D eigenvalue weighted by Crippen LogP contribution is -2.25. The third kappa shape index (κ3) is 6.08. The number of carbonyl (C=O) groups is 1. The molecule has 3 rings (SSSR count). The zero-order valence-electron chi connectivity index (χ0n) is 17.6. The molecule has 0 bridgehead atoms. The van der Waals surface area contributed by atoms with E-state index in [1.54, 1.807) is 37.3 Å². The van der Waals surface area contributed by atoms with Crippen molar-refractivity contribution in [1.82, 2.24) is 5.32 Å². The number of nitrogens with one attached hydrogen (secondary N) is 2. The van der Waals surface area contributed by atoms with Gasteiger partial charge in [0.2, 0.25) is 0 Å². The zero-order chi connectivity index (χ0) is 22.3. The van der Waals surface area contributed by atoms with Crippen molar-refractivity contribution in [1.29, 1.82) is 0 Å². The van der Waals surface area contributed by atoms with Gasteiger partial charge in [-0.1, -0.05) is 36.4 Å². The van der Waals surface area contributed by atoms with Crippen LogP contribution < -0.4 is 14.8 Å². The van der Waals surface area contributed by atoms with E-state index in [1.807, 2.05) is 18.2 Å². The molecule has 0 saturated carbocycles. The van der Waals surface area contributed by atoms with Gasteiger partial charge in [-0.3, -0.25) is 9.52 Å². The van der Waals surface area contributed by atoms with Crippen molar-refractivity contribution in [3.8, 4) is 5.75 Å². The molecule has 0 unspecified atom stereocenters. The molecule has 0 fully saturated rings. The fourth-order valence-corrected chi connectivity index (χ4v) is 4.19. The predicted molar refractivity (Wildman–Crippen MR) is 122 cm³/mol. The molecule has 2 N–H and O–H groups in total. The van der Waals surface area contributed by atoms with Gasteiger partial charge in [0.05, 0.1) is 17.7 Å². The summed E-state index contributed by atoms with van der Waals surface area (Å²) in [5.74, 6) is 0.332. The third-order valence-electron chi connectivity index (χ3n) is 4.88. The molecule has 7 heteroatoms. The van der Waals surface area contributed by atoms with Crippen LogP contribution in [0.25, 0.3) is 0 Å². The Morgan fingerprint density at radius 1 is 0.968 bits per heavy atom. The van der Waals surface area contributed by atoms with E-state index in [4.69, 9.17) is 4.74 Å². The largest absolute Gasteiger partial charge is 0.497 e. The minimum atomic E-state index is -3.79. The standard InChI is InChI=1S/C24H26N2O4S/c1-18-10-11-20(24(27)25-16-6-9-19-7-4-3-5-8-19)17-23(18)26-31(28,29)22-14-12-21(30-2)13-15-22/h3-5,7-8,10-15,17,26H,6,9,16H2,1-2H3,(H,25,27). The second kappa shape index (κ2) is 10.1.